The first-order valence-electron chi connectivity index (χ1n) is 13.3. The van der Waals surface area contributed by atoms with Crippen LogP contribution >= 0.6 is 0 Å². The molecule has 1 amide bonds. The molecule has 3 aromatic carbocycles. The van der Waals surface area contributed by atoms with Gasteiger partial charge >= 0.3 is 17.9 Å². The summed E-state index contributed by atoms with van der Waals surface area (Å²) in [6.07, 6.45) is 1.67. The number of carboxylic acids is 1. The summed E-state index contributed by atoms with van der Waals surface area (Å²) in [7, 11) is 0. The highest BCUT2D eigenvalue weighted by Crippen LogP contribution is 2.18. The zero-order valence-corrected chi connectivity index (χ0v) is 23.6. The van der Waals surface area contributed by atoms with Gasteiger partial charge in [0.25, 0.3) is 0 Å². The van der Waals surface area contributed by atoms with Gasteiger partial charge in [-0.3, -0.25) is 10.2 Å². The molecule has 3 rings (SSSR count). The number of aliphatic carboxylic acids is 1. The molecule has 0 aliphatic heterocycles. The van der Waals surface area contributed by atoms with Crippen molar-refractivity contribution in [3.8, 4) is 5.75 Å². The molecule has 0 aliphatic carbocycles. The van der Waals surface area contributed by atoms with Crippen molar-refractivity contribution in [2.75, 3.05) is 13.2 Å². The zero-order valence-electron chi connectivity index (χ0n) is 23.6. The van der Waals surface area contributed by atoms with E-state index in [2.05, 4.69) is 0 Å². The number of ether oxygens (including phenoxy) is 2. The number of likely N-dealkylation sites (N-methyl/N-ethyl adjacent to an activating group) is 1. The molecule has 0 aromatic heterocycles. The van der Waals surface area contributed by atoms with E-state index in [1.807, 2.05) is 0 Å². The Kier molecular flexibility index (Phi) is 10.7. The van der Waals surface area contributed by atoms with Gasteiger partial charge in [-0.05, 0) is 86.5 Å². The van der Waals surface area contributed by atoms with Crippen molar-refractivity contribution in [2.45, 2.75) is 33.2 Å². The van der Waals surface area contributed by atoms with Crippen LogP contribution in [0.4, 0.5) is 0 Å². The Hall–Kier alpha value is -5.25. The number of esters is 2. The summed E-state index contributed by atoms with van der Waals surface area (Å²) in [4.78, 5) is 51.2. The molecule has 1 atom stereocenters. The molecule has 0 aliphatic rings. The lowest BCUT2D eigenvalue weighted by molar-refractivity contribution is -0.148. The molecule has 0 saturated heterocycles. The smallest absolute Gasteiger partial charge is 0.343 e. The number of carboxylic acid groups (broad SMARTS) is 1. The highest BCUT2D eigenvalue weighted by molar-refractivity contribution is 5.99. The third-order valence-corrected chi connectivity index (χ3v) is 6.40. The molecule has 0 spiro atoms. The Bertz CT molecular complexity index is 1480. The zero-order chi connectivity index (χ0) is 30.8. The predicted octanol–water partition coefficient (Wildman–Crippen LogP) is 4.31. The van der Waals surface area contributed by atoms with Gasteiger partial charge in [0.1, 0.15) is 17.6 Å². The highest BCUT2D eigenvalue weighted by Gasteiger charge is 2.29. The lowest BCUT2D eigenvalue weighted by atomic mass is 10.0. The molecular weight excluding hydrogens is 538 g/mol. The Labute approximate surface area is 243 Å². The molecule has 4 N–H and O–H groups in total. The van der Waals surface area contributed by atoms with Gasteiger partial charge in [-0.2, -0.15) is 0 Å². The largest absolute Gasteiger partial charge is 0.480 e. The first-order valence-corrected chi connectivity index (χ1v) is 13.3. The average Bonchev–Trinajstić information content (AvgIpc) is 2.97. The summed E-state index contributed by atoms with van der Waals surface area (Å²) in [5.74, 6) is -2.41. The van der Waals surface area contributed by atoms with Crippen LogP contribution in [0, 0.1) is 5.41 Å². The fourth-order valence-corrected chi connectivity index (χ4v) is 4.17. The predicted molar refractivity (Wildman–Crippen MR) is 157 cm³/mol. The number of carbonyl (C=O) groups is 4. The summed E-state index contributed by atoms with van der Waals surface area (Å²) in [5.41, 5.74) is 8.21. The number of benzene rings is 3. The summed E-state index contributed by atoms with van der Waals surface area (Å²) in [5, 5.41) is 17.4. The minimum Gasteiger partial charge on any atom is -0.480 e. The first kappa shape index (κ1) is 31.3. The third kappa shape index (κ3) is 8.14. The van der Waals surface area contributed by atoms with E-state index in [0.717, 1.165) is 0 Å². The molecule has 0 radical (unpaired) electrons. The van der Waals surface area contributed by atoms with Crippen molar-refractivity contribution in [1.82, 2.24) is 4.90 Å². The monoisotopic (exact) mass is 571 g/mol. The van der Waals surface area contributed by atoms with Crippen molar-refractivity contribution in [3.63, 3.8) is 0 Å². The van der Waals surface area contributed by atoms with Crippen LogP contribution in [0.5, 0.6) is 5.75 Å². The van der Waals surface area contributed by atoms with Crippen molar-refractivity contribution in [3.05, 3.63) is 106 Å². The maximum absolute atomic E-state index is 13.3. The van der Waals surface area contributed by atoms with Crippen LogP contribution in [0.25, 0.3) is 6.08 Å². The van der Waals surface area contributed by atoms with Crippen LogP contribution in [-0.4, -0.2) is 58.9 Å². The molecule has 0 saturated carbocycles. The number of nitrogens with zero attached hydrogens (tertiary/aromatic N) is 1. The van der Waals surface area contributed by atoms with Gasteiger partial charge in [-0.25, -0.2) is 14.4 Å². The minimum atomic E-state index is -1.15. The number of nitrogen functional groups attached to an aromatic ring is 1. The summed E-state index contributed by atoms with van der Waals surface area (Å²) >= 11 is 0. The number of amides is 1. The van der Waals surface area contributed by atoms with Crippen molar-refractivity contribution < 1.29 is 33.8 Å². The summed E-state index contributed by atoms with van der Waals surface area (Å²) in [6, 6.07) is 18.0. The number of amidine groups is 1. The van der Waals surface area contributed by atoms with Crippen molar-refractivity contribution in [1.29, 1.82) is 5.41 Å². The molecule has 10 nitrogen and oxygen atoms in total. The Balaban J connectivity index is 1.69. The lowest BCUT2D eigenvalue weighted by Crippen LogP contribution is -2.46. The Morgan fingerprint density at radius 3 is 1.95 bits per heavy atom. The van der Waals surface area contributed by atoms with Gasteiger partial charge in [0.05, 0.1) is 17.7 Å². The molecule has 42 heavy (non-hydrogen) atoms. The normalized spacial score (nSPS) is 11.7. The van der Waals surface area contributed by atoms with Crippen LogP contribution in [0.3, 0.4) is 0 Å². The number of carbonyl (C=O) groups excluding carboxylic acids is 3. The number of nitrogens with two attached hydrogens (primary N) is 1. The highest BCUT2D eigenvalue weighted by atomic mass is 16.5. The summed E-state index contributed by atoms with van der Waals surface area (Å²) < 4.78 is 10.3. The Morgan fingerprint density at radius 2 is 1.43 bits per heavy atom. The maximum Gasteiger partial charge on any atom is 0.343 e. The van der Waals surface area contributed by atoms with Crippen LogP contribution < -0.4 is 10.5 Å². The van der Waals surface area contributed by atoms with Crippen LogP contribution in [0.1, 0.15) is 58.2 Å². The summed E-state index contributed by atoms with van der Waals surface area (Å²) in [6.45, 7) is 5.43. The van der Waals surface area contributed by atoms with E-state index in [1.165, 1.54) is 4.90 Å². The van der Waals surface area contributed by atoms with E-state index in [1.54, 1.807) is 99.6 Å². The van der Waals surface area contributed by atoms with E-state index in [9.17, 15) is 24.3 Å². The van der Waals surface area contributed by atoms with E-state index in [4.69, 9.17) is 20.6 Å². The standard InChI is InChI=1S/C32H33N3O7/c1-4-35(27(30(37)38)19-22-8-10-24(11-9-22)31(39)41-5-2)29(36)20(3)18-21-6-12-25(13-7-21)32(40)42-26-16-14-23(15-17-26)28(33)34/h6-18,27H,4-5,19H2,1-3H3,(H3,33,34)(H,37,38)/t27-/m0/s1. The molecule has 0 fully saturated rings. The number of rotatable bonds is 12. The van der Waals surface area contributed by atoms with Crippen LogP contribution in [0.2, 0.25) is 0 Å². The number of nitrogens with one attached hydrogen (secondary N) is 1. The quantitative estimate of drug-likeness (QED) is 0.0953. The van der Waals surface area contributed by atoms with Gasteiger partial charge in [0.2, 0.25) is 5.91 Å². The van der Waals surface area contributed by atoms with Gasteiger partial charge in [-0.1, -0.05) is 24.3 Å². The second-order valence-corrected chi connectivity index (χ2v) is 9.34. The van der Waals surface area contributed by atoms with Gasteiger partial charge in [0.15, 0.2) is 0 Å². The average molecular weight is 572 g/mol. The van der Waals surface area contributed by atoms with Gasteiger partial charge in [-0.15, -0.1) is 0 Å². The van der Waals surface area contributed by atoms with E-state index < -0.39 is 29.9 Å². The van der Waals surface area contributed by atoms with E-state index in [-0.39, 0.29) is 25.4 Å². The van der Waals surface area contributed by atoms with Gasteiger partial charge in [0, 0.05) is 24.1 Å². The fourth-order valence-electron chi connectivity index (χ4n) is 4.17. The van der Waals surface area contributed by atoms with E-state index in [0.29, 0.717) is 39.1 Å². The molecule has 0 heterocycles. The topological polar surface area (TPSA) is 160 Å². The van der Waals surface area contributed by atoms with Gasteiger partial charge < -0.3 is 25.2 Å². The minimum absolute atomic E-state index is 0.0551. The van der Waals surface area contributed by atoms with Crippen LogP contribution in [-0.2, 0) is 20.7 Å². The molecule has 218 valence electrons. The Morgan fingerprint density at radius 1 is 0.881 bits per heavy atom. The second kappa shape index (κ2) is 14.4. The first-order chi connectivity index (χ1) is 20.0. The third-order valence-electron chi connectivity index (χ3n) is 6.40. The molecule has 0 bridgehead atoms. The molecular formula is C32H33N3O7. The van der Waals surface area contributed by atoms with Crippen molar-refractivity contribution >= 4 is 35.7 Å². The maximum atomic E-state index is 13.3. The van der Waals surface area contributed by atoms with E-state index >= 15 is 0 Å². The molecule has 3 aromatic rings. The second-order valence-electron chi connectivity index (χ2n) is 9.34. The fraction of sp³-hybridized carbons (Fsp3) is 0.219. The molecule has 10 heteroatoms. The SMILES string of the molecule is CCOC(=O)c1ccc(C[C@@H](C(=O)O)N(CC)C(=O)C(C)=Cc2ccc(C(=O)Oc3ccc(C(=N)N)cc3)cc2)cc1. The number of hydrogen-bond acceptors (Lipinski definition) is 7. The van der Waals surface area contributed by atoms with Crippen molar-refractivity contribution in [2.24, 2.45) is 5.73 Å². The number of hydrogen-bond donors (Lipinski definition) is 3. The lowest BCUT2D eigenvalue weighted by Gasteiger charge is -2.28. The molecule has 0 unspecified atom stereocenters. The van der Waals surface area contributed by atoms with Crippen LogP contribution in [0.15, 0.2) is 78.4 Å².